The minimum atomic E-state index is -1.21. The van der Waals surface area contributed by atoms with Crippen molar-refractivity contribution in [3.63, 3.8) is 0 Å². The van der Waals surface area contributed by atoms with Crippen molar-refractivity contribution in [2.75, 3.05) is 5.43 Å². The van der Waals surface area contributed by atoms with E-state index in [0.717, 1.165) is 27.6 Å². The molecule has 5 rings (SSSR count). The van der Waals surface area contributed by atoms with E-state index in [-0.39, 0.29) is 6.61 Å². The number of benzene rings is 2. The van der Waals surface area contributed by atoms with Crippen molar-refractivity contribution in [2.45, 2.75) is 58.0 Å². The third kappa shape index (κ3) is 4.64. The molecule has 0 radical (unpaired) electrons. The molecule has 37 heavy (non-hydrogen) atoms. The van der Waals surface area contributed by atoms with Gasteiger partial charge in [-0.1, -0.05) is 42.5 Å². The molecule has 1 aliphatic carbocycles. The number of hydrogen-bond acceptors (Lipinski definition) is 6. The van der Waals surface area contributed by atoms with E-state index in [1.807, 2.05) is 48.5 Å². The zero-order chi connectivity index (χ0) is 26.4. The summed E-state index contributed by atoms with van der Waals surface area (Å²) in [5.41, 5.74) is 4.51. The third-order valence-electron chi connectivity index (χ3n) is 6.40. The molecular weight excluding hydrogens is 474 g/mol. The van der Waals surface area contributed by atoms with E-state index in [1.54, 1.807) is 44.6 Å². The van der Waals surface area contributed by atoms with Crippen molar-refractivity contribution in [1.29, 1.82) is 0 Å². The predicted molar refractivity (Wildman–Crippen MR) is 136 cm³/mol. The van der Waals surface area contributed by atoms with Crippen molar-refractivity contribution in [3.05, 3.63) is 83.1 Å². The van der Waals surface area contributed by atoms with Crippen LogP contribution in [0.15, 0.2) is 66.4 Å². The van der Waals surface area contributed by atoms with Gasteiger partial charge in [-0.25, -0.2) is 19.8 Å². The number of amides is 2. The quantitative estimate of drug-likeness (QED) is 0.396. The highest BCUT2D eigenvalue weighted by molar-refractivity contribution is 5.96. The van der Waals surface area contributed by atoms with Gasteiger partial charge >= 0.3 is 18.2 Å². The molecule has 192 valence electrons. The van der Waals surface area contributed by atoms with Crippen LogP contribution in [0.5, 0.6) is 0 Å². The minimum Gasteiger partial charge on any atom is -0.445 e. The lowest BCUT2D eigenvalue weighted by atomic mass is 9.76. The van der Waals surface area contributed by atoms with Gasteiger partial charge in [-0.15, -0.1) is 0 Å². The number of ether oxygens (including phenoxy) is 3. The Balaban J connectivity index is 1.48. The van der Waals surface area contributed by atoms with Crippen LogP contribution in [0.3, 0.4) is 0 Å². The molecule has 2 amide bonds. The van der Waals surface area contributed by atoms with Gasteiger partial charge in [-0.3, -0.25) is 4.68 Å². The van der Waals surface area contributed by atoms with E-state index in [9.17, 15) is 14.4 Å². The fourth-order valence-corrected chi connectivity index (χ4v) is 4.91. The number of alkyl carbamates (subject to hydrolysis) is 1. The van der Waals surface area contributed by atoms with E-state index in [4.69, 9.17) is 14.2 Å². The summed E-state index contributed by atoms with van der Waals surface area (Å²) in [6.07, 6.45) is 2.67. The number of carbonyl (C=O) groups excluding carboxylic acids is 3. The molecule has 3 aromatic rings. The molecule has 1 spiro atoms. The fourth-order valence-electron chi connectivity index (χ4n) is 4.91. The van der Waals surface area contributed by atoms with Crippen LogP contribution in [-0.4, -0.2) is 34.5 Å². The zero-order valence-corrected chi connectivity index (χ0v) is 21.2. The average Bonchev–Trinajstić information content (AvgIpc) is 3.33. The first-order valence-corrected chi connectivity index (χ1v) is 12.1. The average molecular weight is 504 g/mol. The SMILES string of the molecule is CC1=C[C@]2(OC1=O)c1cccc3c1c(cn3NC(=O)OC(C)(C)C)C[C@@H]2NC(=O)OCc1ccccc1. The lowest BCUT2D eigenvalue weighted by Gasteiger charge is -2.39. The first-order valence-electron chi connectivity index (χ1n) is 12.1. The summed E-state index contributed by atoms with van der Waals surface area (Å²) < 4.78 is 18.4. The fraction of sp³-hybridized carbons (Fsp3) is 0.321. The monoisotopic (exact) mass is 503 g/mol. The maximum Gasteiger partial charge on any atom is 0.426 e. The molecule has 0 fully saturated rings. The van der Waals surface area contributed by atoms with Crippen LogP contribution in [-0.2, 0) is 37.6 Å². The van der Waals surface area contributed by atoms with Gasteiger partial charge < -0.3 is 19.5 Å². The van der Waals surface area contributed by atoms with Gasteiger partial charge in [0.15, 0.2) is 5.60 Å². The molecular formula is C28H29N3O6. The topological polar surface area (TPSA) is 108 Å². The Hall–Kier alpha value is -4.27. The summed E-state index contributed by atoms with van der Waals surface area (Å²) in [7, 11) is 0. The molecule has 2 aliphatic rings. The summed E-state index contributed by atoms with van der Waals surface area (Å²) in [6.45, 7) is 7.17. The number of aromatic nitrogens is 1. The van der Waals surface area contributed by atoms with E-state index in [2.05, 4.69) is 10.7 Å². The van der Waals surface area contributed by atoms with E-state index in [1.165, 1.54) is 0 Å². The largest absolute Gasteiger partial charge is 0.445 e. The highest BCUT2D eigenvalue weighted by Gasteiger charge is 2.51. The van der Waals surface area contributed by atoms with E-state index < -0.39 is 35.4 Å². The zero-order valence-electron chi connectivity index (χ0n) is 21.2. The normalized spacial score (nSPS) is 20.4. The first kappa shape index (κ1) is 24.4. The van der Waals surface area contributed by atoms with Crippen molar-refractivity contribution < 1.29 is 28.6 Å². The van der Waals surface area contributed by atoms with Crippen molar-refractivity contribution >= 4 is 29.1 Å². The Bertz CT molecular complexity index is 1420. The van der Waals surface area contributed by atoms with E-state index in [0.29, 0.717) is 12.0 Å². The minimum absolute atomic E-state index is 0.109. The summed E-state index contributed by atoms with van der Waals surface area (Å²) in [6, 6.07) is 14.3. The molecule has 0 unspecified atom stereocenters. The number of rotatable bonds is 4. The number of fused-ring (bicyclic) bond motifs is 1. The van der Waals surface area contributed by atoms with Crippen molar-refractivity contribution in [1.82, 2.24) is 9.99 Å². The Kier molecular flexibility index (Phi) is 5.94. The Morgan fingerprint density at radius 1 is 1.11 bits per heavy atom. The molecule has 9 heteroatoms. The third-order valence-corrected chi connectivity index (χ3v) is 6.40. The molecule has 2 aromatic carbocycles. The van der Waals surface area contributed by atoms with Crippen LogP contribution in [0, 0.1) is 0 Å². The standard InChI is InChI=1S/C28H29N3O6/c1-17-14-28(36-24(17)32)20-11-8-12-21-23(20)19(15-31(21)30-26(34)37-27(2,3)4)13-22(28)29-25(33)35-16-18-9-6-5-7-10-18/h5-12,14-15,22H,13,16H2,1-4H3,(H,29,33)(H,30,34)/t22-,28-/m0/s1. The second kappa shape index (κ2) is 8.99. The van der Waals surface area contributed by atoms with Gasteiger partial charge in [0.1, 0.15) is 12.2 Å². The second-order valence-corrected chi connectivity index (χ2v) is 10.3. The maximum atomic E-state index is 12.9. The number of nitrogens with zero attached hydrogens (tertiary/aromatic N) is 1. The first-order chi connectivity index (χ1) is 17.6. The number of carbonyl (C=O) groups is 3. The van der Waals surface area contributed by atoms with Crippen molar-refractivity contribution in [2.24, 2.45) is 0 Å². The van der Waals surface area contributed by atoms with Crippen LogP contribution in [0.2, 0.25) is 0 Å². The molecule has 9 nitrogen and oxygen atoms in total. The smallest absolute Gasteiger partial charge is 0.426 e. The lowest BCUT2D eigenvalue weighted by Crippen LogP contribution is -2.53. The van der Waals surface area contributed by atoms with Crippen LogP contribution in [0.4, 0.5) is 9.59 Å². The van der Waals surface area contributed by atoms with Gasteiger partial charge in [-0.2, -0.15) is 0 Å². The number of esters is 1. The molecule has 0 saturated heterocycles. The maximum absolute atomic E-state index is 12.9. The number of hydrogen-bond donors (Lipinski definition) is 2. The predicted octanol–water partition coefficient (Wildman–Crippen LogP) is 4.67. The molecule has 0 bridgehead atoms. The highest BCUT2D eigenvalue weighted by atomic mass is 16.6. The van der Waals surface area contributed by atoms with Gasteiger partial charge in [-0.05, 0) is 57.4 Å². The Morgan fingerprint density at radius 3 is 2.54 bits per heavy atom. The van der Waals surface area contributed by atoms with Crippen molar-refractivity contribution in [3.8, 4) is 0 Å². The van der Waals surface area contributed by atoms with Gasteiger partial charge in [0.2, 0.25) is 0 Å². The summed E-state index contributed by atoms with van der Waals surface area (Å²) >= 11 is 0. The molecule has 1 aromatic heterocycles. The van der Waals surface area contributed by atoms with Crippen LogP contribution in [0.1, 0.15) is 44.4 Å². The van der Waals surface area contributed by atoms with Gasteiger partial charge in [0.05, 0.1) is 11.6 Å². The molecule has 2 heterocycles. The molecule has 0 saturated carbocycles. The van der Waals surface area contributed by atoms with Crippen LogP contribution >= 0.6 is 0 Å². The van der Waals surface area contributed by atoms with Gasteiger partial charge in [0.25, 0.3) is 0 Å². The molecule has 2 atom stereocenters. The second-order valence-electron chi connectivity index (χ2n) is 10.3. The lowest BCUT2D eigenvalue weighted by molar-refractivity contribution is -0.149. The Morgan fingerprint density at radius 2 is 1.86 bits per heavy atom. The van der Waals surface area contributed by atoms with Crippen LogP contribution in [0.25, 0.3) is 10.9 Å². The molecule has 2 N–H and O–H groups in total. The van der Waals surface area contributed by atoms with E-state index >= 15 is 0 Å². The highest BCUT2D eigenvalue weighted by Crippen LogP contribution is 2.47. The van der Waals surface area contributed by atoms with Gasteiger partial charge in [0, 0.05) is 22.7 Å². The Labute approximate surface area is 214 Å². The molecule has 1 aliphatic heterocycles. The summed E-state index contributed by atoms with van der Waals surface area (Å²) in [5.74, 6) is -0.448. The number of nitrogens with one attached hydrogen (secondary N) is 2. The summed E-state index contributed by atoms with van der Waals surface area (Å²) in [5, 5.41) is 3.76. The van der Waals surface area contributed by atoms with Crippen LogP contribution < -0.4 is 10.7 Å². The summed E-state index contributed by atoms with van der Waals surface area (Å²) in [4.78, 5) is 37.9.